The van der Waals surface area contributed by atoms with Crippen LogP contribution in [0.2, 0.25) is 5.02 Å². The van der Waals surface area contributed by atoms with Crippen LogP contribution in [0, 0.1) is 0 Å². The topological polar surface area (TPSA) is 74.2 Å². The lowest BCUT2D eigenvalue weighted by Gasteiger charge is -2.28. The molecule has 2 amide bonds. The average Bonchev–Trinajstić information content (AvgIpc) is 2.38. The summed E-state index contributed by atoms with van der Waals surface area (Å²) in [7, 11) is 0. The largest absolute Gasteiger partial charge is 0.394 e. The Labute approximate surface area is 118 Å². The van der Waals surface area contributed by atoms with E-state index in [0.717, 1.165) is 18.5 Å². The maximum atomic E-state index is 11.7. The Hall–Kier alpha value is -1.33. The zero-order chi connectivity index (χ0) is 14.3. The van der Waals surface area contributed by atoms with Crippen molar-refractivity contribution < 1.29 is 9.90 Å². The first-order chi connectivity index (χ1) is 8.99. The maximum Gasteiger partial charge on any atom is 0.315 e. The van der Waals surface area contributed by atoms with Gasteiger partial charge >= 0.3 is 6.03 Å². The molecule has 1 rings (SSSR count). The number of aliphatic hydroxyl groups excluding tert-OH is 1. The molecule has 1 heterocycles. The quantitative estimate of drug-likeness (QED) is 0.749. The molecule has 0 bridgehead atoms. The summed E-state index contributed by atoms with van der Waals surface area (Å²) < 4.78 is 0. The molecule has 19 heavy (non-hydrogen) atoms. The summed E-state index contributed by atoms with van der Waals surface area (Å²) in [4.78, 5) is 15.8. The van der Waals surface area contributed by atoms with Crippen molar-refractivity contribution in [2.24, 2.45) is 0 Å². The second-order valence-corrected chi connectivity index (χ2v) is 5.18. The Morgan fingerprint density at radius 3 is 2.79 bits per heavy atom. The zero-order valence-corrected chi connectivity index (χ0v) is 12.0. The number of pyridine rings is 1. The summed E-state index contributed by atoms with van der Waals surface area (Å²) in [6, 6.07) is 3.15. The first-order valence-electron chi connectivity index (χ1n) is 6.26. The van der Waals surface area contributed by atoms with E-state index in [0.29, 0.717) is 11.6 Å². The van der Waals surface area contributed by atoms with E-state index >= 15 is 0 Å². The van der Waals surface area contributed by atoms with Gasteiger partial charge in [0.2, 0.25) is 0 Å². The van der Waals surface area contributed by atoms with E-state index in [2.05, 4.69) is 15.6 Å². The summed E-state index contributed by atoms with van der Waals surface area (Å²) in [5.74, 6) is 0. The number of urea groups is 1. The summed E-state index contributed by atoms with van der Waals surface area (Å²) in [5.41, 5.74) is 0.132. The molecule has 5 nitrogen and oxygen atoms in total. The minimum absolute atomic E-state index is 0.0898. The number of aliphatic hydroxyl groups is 1. The molecule has 6 heteroatoms. The Balaban J connectivity index is 2.45. The molecule has 1 unspecified atom stereocenters. The normalized spacial score (nSPS) is 13.7. The molecule has 0 spiro atoms. The van der Waals surface area contributed by atoms with E-state index in [-0.39, 0.29) is 12.6 Å². The number of nitrogens with zero attached hydrogens (tertiary/aromatic N) is 1. The third-order valence-electron chi connectivity index (χ3n) is 2.78. The Bertz CT molecular complexity index is 411. The summed E-state index contributed by atoms with van der Waals surface area (Å²) >= 11 is 5.73. The third-order valence-corrected chi connectivity index (χ3v) is 3.01. The van der Waals surface area contributed by atoms with E-state index in [1.54, 1.807) is 12.1 Å². The lowest BCUT2D eigenvalue weighted by molar-refractivity contribution is 0.163. The number of carbonyl (C=O) groups is 1. The average molecular weight is 286 g/mol. The number of aromatic nitrogens is 1. The van der Waals surface area contributed by atoms with Gasteiger partial charge in [0.25, 0.3) is 0 Å². The van der Waals surface area contributed by atoms with Gasteiger partial charge in [-0.15, -0.1) is 0 Å². The Morgan fingerprint density at radius 1 is 1.53 bits per heavy atom. The van der Waals surface area contributed by atoms with Gasteiger partial charge in [-0.05, 0) is 25.5 Å². The predicted octanol–water partition coefficient (Wildman–Crippen LogP) is 2.09. The molecule has 0 saturated carbocycles. The Kier molecular flexibility index (Phi) is 6.05. The summed E-state index contributed by atoms with van der Waals surface area (Å²) in [6.07, 6.45) is 3.14. The molecule has 0 aliphatic heterocycles. The number of carbonyl (C=O) groups excluding carboxylic acids is 1. The molecular formula is C13H20ClN3O2. The van der Waals surface area contributed by atoms with Gasteiger partial charge in [-0.2, -0.15) is 0 Å². The number of nitrogens with one attached hydrogen (secondary N) is 2. The van der Waals surface area contributed by atoms with Crippen molar-refractivity contribution in [1.82, 2.24) is 15.6 Å². The minimum Gasteiger partial charge on any atom is -0.394 e. The van der Waals surface area contributed by atoms with Crippen molar-refractivity contribution in [3.05, 3.63) is 29.0 Å². The van der Waals surface area contributed by atoms with Crippen LogP contribution in [0.1, 0.15) is 32.4 Å². The SMILES string of the molecule is CCCC(C)(CO)NC(=O)NCc1ccc(Cl)cn1. The molecule has 1 aromatic heterocycles. The molecule has 0 fully saturated rings. The molecular weight excluding hydrogens is 266 g/mol. The molecule has 0 aliphatic carbocycles. The number of amides is 2. The van der Waals surface area contributed by atoms with Gasteiger partial charge in [0.05, 0.1) is 29.4 Å². The number of halogens is 1. The van der Waals surface area contributed by atoms with Crippen molar-refractivity contribution >= 4 is 17.6 Å². The first-order valence-corrected chi connectivity index (χ1v) is 6.64. The Morgan fingerprint density at radius 2 is 2.26 bits per heavy atom. The van der Waals surface area contributed by atoms with Crippen molar-refractivity contribution in [2.75, 3.05) is 6.61 Å². The van der Waals surface area contributed by atoms with Crippen LogP contribution in [0.3, 0.4) is 0 Å². The minimum atomic E-state index is -0.591. The number of hydrogen-bond acceptors (Lipinski definition) is 3. The highest BCUT2D eigenvalue weighted by Gasteiger charge is 2.24. The molecule has 3 N–H and O–H groups in total. The second kappa shape index (κ2) is 7.31. The van der Waals surface area contributed by atoms with E-state index in [1.165, 1.54) is 6.20 Å². The fourth-order valence-electron chi connectivity index (χ4n) is 1.73. The fourth-order valence-corrected chi connectivity index (χ4v) is 1.84. The van der Waals surface area contributed by atoms with Crippen LogP contribution in [0.15, 0.2) is 18.3 Å². The van der Waals surface area contributed by atoms with Crippen LogP contribution in [0.25, 0.3) is 0 Å². The van der Waals surface area contributed by atoms with Gasteiger partial charge in [0.15, 0.2) is 0 Å². The van der Waals surface area contributed by atoms with E-state index in [4.69, 9.17) is 11.6 Å². The van der Waals surface area contributed by atoms with Crippen molar-refractivity contribution in [1.29, 1.82) is 0 Å². The van der Waals surface area contributed by atoms with Gasteiger partial charge in [0, 0.05) is 6.20 Å². The first kappa shape index (κ1) is 15.7. The van der Waals surface area contributed by atoms with Crippen LogP contribution in [-0.2, 0) is 6.54 Å². The van der Waals surface area contributed by atoms with Crippen molar-refractivity contribution in [3.63, 3.8) is 0 Å². The van der Waals surface area contributed by atoms with Crippen LogP contribution in [0.4, 0.5) is 4.79 Å². The summed E-state index contributed by atoms with van der Waals surface area (Å²) in [6.45, 7) is 4.05. The molecule has 0 radical (unpaired) electrons. The molecule has 0 aromatic carbocycles. The highest BCUT2D eigenvalue weighted by molar-refractivity contribution is 6.30. The van der Waals surface area contributed by atoms with Gasteiger partial charge in [-0.1, -0.05) is 24.9 Å². The van der Waals surface area contributed by atoms with Crippen LogP contribution >= 0.6 is 11.6 Å². The zero-order valence-electron chi connectivity index (χ0n) is 11.2. The number of hydrogen-bond donors (Lipinski definition) is 3. The molecule has 0 aliphatic rings. The van der Waals surface area contributed by atoms with E-state index in [1.807, 2.05) is 13.8 Å². The second-order valence-electron chi connectivity index (χ2n) is 4.74. The summed E-state index contributed by atoms with van der Waals surface area (Å²) in [5, 5.41) is 15.3. The highest BCUT2D eigenvalue weighted by atomic mass is 35.5. The van der Waals surface area contributed by atoms with E-state index in [9.17, 15) is 9.90 Å². The van der Waals surface area contributed by atoms with Crippen molar-refractivity contribution in [3.8, 4) is 0 Å². The van der Waals surface area contributed by atoms with Gasteiger partial charge in [0.1, 0.15) is 0 Å². The van der Waals surface area contributed by atoms with Crippen LogP contribution in [-0.4, -0.2) is 28.3 Å². The molecule has 0 saturated heterocycles. The molecule has 1 atom stereocenters. The van der Waals surface area contributed by atoms with Crippen LogP contribution in [0.5, 0.6) is 0 Å². The van der Waals surface area contributed by atoms with Crippen molar-refractivity contribution in [2.45, 2.75) is 38.8 Å². The van der Waals surface area contributed by atoms with E-state index < -0.39 is 5.54 Å². The lowest BCUT2D eigenvalue weighted by Crippen LogP contribution is -2.52. The monoisotopic (exact) mass is 285 g/mol. The van der Waals surface area contributed by atoms with Crippen LogP contribution < -0.4 is 10.6 Å². The smallest absolute Gasteiger partial charge is 0.315 e. The third kappa shape index (κ3) is 5.44. The lowest BCUT2D eigenvalue weighted by atomic mass is 9.98. The highest BCUT2D eigenvalue weighted by Crippen LogP contribution is 2.11. The van der Waals surface area contributed by atoms with Gasteiger partial charge < -0.3 is 15.7 Å². The predicted molar refractivity (Wildman–Crippen MR) is 75.0 cm³/mol. The number of rotatable bonds is 6. The maximum absolute atomic E-state index is 11.7. The molecule has 1 aromatic rings. The van der Waals surface area contributed by atoms with Gasteiger partial charge in [-0.3, -0.25) is 4.98 Å². The standard InChI is InChI=1S/C13H20ClN3O2/c1-3-6-13(2,9-18)17-12(19)16-8-11-5-4-10(14)7-15-11/h4-5,7,18H,3,6,8-9H2,1-2H3,(H2,16,17,19). The molecule has 106 valence electrons. The van der Waals surface area contributed by atoms with Gasteiger partial charge in [-0.25, -0.2) is 4.79 Å². The fraction of sp³-hybridized carbons (Fsp3) is 0.538.